The van der Waals surface area contributed by atoms with Gasteiger partial charge in [-0.25, -0.2) is 19.6 Å². The third-order valence-electron chi connectivity index (χ3n) is 11.9. The number of carbonyl (C=O) groups is 7. The number of carboxylic acid groups (broad SMARTS) is 1. The molecule has 368 valence electrons. The minimum absolute atomic E-state index is 0.0283. The van der Waals surface area contributed by atoms with Crippen LogP contribution in [0.25, 0.3) is 11.2 Å². The van der Waals surface area contributed by atoms with Gasteiger partial charge in [-0.2, -0.15) is 4.98 Å². The molecule has 4 amide bonds. The monoisotopic (exact) mass is 992 g/mol. The topological polar surface area (TPSA) is 393 Å². The van der Waals surface area contributed by atoms with Crippen LogP contribution in [0, 0.1) is 5.92 Å². The third kappa shape index (κ3) is 10.9. The van der Waals surface area contributed by atoms with Crippen LogP contribution in [-0.2, 0) is 40.0 Å². The van der Waals surface area contributed by atoms with Crippen LogP contribution in [0.2, 0.25) is 0 Å². The van der Waals surface area contributed by atoms with Crippen molar-refractivity contribution in [3.05, 3.63) is 74.6 Å². The van der Waals surface area contributed by atoms with Crippen LogP contribution in [0.4, 0.5) is 16.4 Å². The number of carbonyl (C=O) groups excluding carboxylic acids is 6. The zero-order valence-electron chi connectivity index (χ0n) is 37.6. The summed E-state index contributed by atoms with van der Waals surface area (Å²) in [4.78, 5) is 118. The number of hydrogen-bond donors (Lipinski definition) is 11. The number of amides is 4. The Morgan fingerprint density at radius 2 is 1.81 bits per heavy atom. The smallest absolute Gasteiger partial charge is 0.404 e. The number of nitrogen functional groups attached to an aromatic ring is 1. The second-order valence-electron chi connectivity index (χ2n) is 16.6. The molecular formula is C42H52N14O11S2. The van der Waals surface area contributed by atoms with Gasteiger partial charge in [0.2, 0.25) is 29.3 Å². The molecule has 25 nitrogen and oxygen atoms in total. The Morgan fingerprint density at radius 3 is 2.52 bits per heavy atom. The number of H-pyrrole nitrogens is 1. The van der Waals surface area contributed by atoms with Gasteiger partial charge in [-0.05, 0) is 44.5 Å². The first-order valence-electron chi connectivity index (χ1n) is 21.7. The van der Waals surface area contributed by atoms with Crippen LogP contribution in [0.5, 0.6) is 0 Å². The lowest BCUT2D eigenvalue weighted by Crippen LogP contribution is -2.55. The number of hydrogen-bond acceptors (Lipinski definition) is 21. The molecule has 3 aliphatic heterocycles. The molecule has 4 aliphatic rings. The molecule has 2 fully saturated rings. The zero-order chi connectivity index (χ0) is 49.7. The Hall–Kier alpha value is -6.81. The van der Waals surface area contributed by atoms with Crippen LogP contribution < -0.4 is 54.7 Å². The lowest BCUT2D eigenvalue weighted by Gasteiger charge is -2.39. The van der Waals surface area contributed by atoms with E-state index in [-0.39, 0.29) is 107 Å². The van der Waals surface area contributed by atoms with Crippen molar-refractivity contribution < 1.29 is 48.1 Å². The minimum atomic E-state index is -1.39. The summed E-state index contributed by atoms with van der Waals surface area (Å²) in [6.07, 6.45) is -0.0784. The Kier molecular flexibility index (Phi) is 15.4. The molecule has 7 atom stereocenters. The van der Waals surface area contributed by atoms with Gasteiger partial charge in [0, 0.05) is 79.2 Å². The van der Waals surface area contributed by atoms with Crippen LogP contribution in [0.3, 0.4) is 0 Å². The van der Waals surface area contributed by atoms with E-state index in [1.807, 2.05) is 4.90 Å². The van der Waals surface area contributed by atoms with Crippen LogP contribution in [0.15, 0.2) is 57.8 Å². The SMILES string of the molecule is CO[C@]12C3NC3CN1C1=C(C(=O)C(NCCSSC[C@@H](C)NC(=O)[C@H](N)CNC(=O)CC[C@@H](NC(=O)c3ccc(NCc4cnc5nc(N)[nH]c(=O)c5n4)cc3)C(=O)O)=C(C)C1=O)[C@H]2COC(N)=O. The molecule has 0 bridgehead atoms. The largest absolute Gasteiger partial charge is 0.480 e. The van der Waals surface area contributed by atoms with Crippen molar-refractivity contribution >= 4 is 85.7 Å². The van der Waals surface area contributed by atoms with E-state index in [1.54, 1.807) is 26.0 Å². The number of ether oxygens (including phenoxy) is 2. The fourth-order valence-corrected chi connectivity index (χ4v) is 10.7. The molecule has 7 rings (SSSR count). The number of ketones is 2. The number of Topliss-reactive ketones (excluding diaryl/α,β-unsaturated/α-hetero) is 2. The molecule has 0 saturated carbocycles. The van der Waals surface area contributed by atoms with Crippen molar-refractivity contribution in [1.29, 1.82) is 0 Å². The van der Waals surface area contributed by atoms with Gasteiger partial charge >= 0.3 is 12.1 Å². The number of aromatic amines is 1. The van der Waals surface area contributed by atoms with Gasteiger partial charge in [-0.15, -0.1) is 0 Å². The highest BCUT2D eigenvalue weighted by Gasteiger charge is 2.72. The van der Waals surface area contributed by atoms with Crippen LogP contribution in [-0.4, -0.2) is 152 Å². The van der Waals surface area contributed by atoms with E-state index in [4.69, 9.17) is 26.7 Å². The number of aromatic nitrogens is 4. The van der Waals surface area contributed by atoms with Crippen molar-refractivity contribution in [2.75, 3.05) is 55.9 Å². The number of methoxy groups -OCH3 is 1. The average molecular weight is 993 g/mol. The lowest BCUT2D eigenvalue weighted by molar-refractivity contribution is -0.139. The Bertz CT molecular complexity index is 2680. The van der Waals surface area contributed by atoms with Crippen LogP contribution in [0.1, 0.15) is 42.7 Å². The van der Waals surface area contributed by atoms with Crippen molar-refractivity contribution in [3.63, 3.8) is 0 Å². The number of fused-ring (bicyclic) bond motifs is 5. The number of nitrogens with two attached hydrogens (primary N) is 3. The summed E-state index contributed by atoms with van der Waals surface area (Å²) in [5.41, 5.74) is 17.5. The summed E-state index contributed by atoms with van der Waals surface area (Å²) in [5.74, 6) is -3.58. The fourth-order valence-electron chi connectivity index (χ4n) is 8.49. The van der Waals surface area contributed by atoms with Gasteiger partial charge in [0.15, 0.2) is 16.9 Å². The van der Waals surface area contributed by atoms with E-state index in [0.29, 0.717) is 36.0 Å². The fraction of sp³-hybridized carbons (Fsp3) is 0.452. The van der Waals surface area contributed by atoms with Gasteiger partial charge in [0.25, 0.3) is 11.5 Å². The van der Waals surface area contributed by atoms with Crippen molar-refractivity contribution in [3.8, 4) is 0 Å². The second-order valence-corrected chi connectivity index (χ2v) is 19.2. The number of allylic oxidation sites excluding steroid dienone is 2. The molecule has 69 heavy (non-hydrogen) atoms. The zero-order valence-corrected chi connectivity index (χ0v) is 39.2. The van der Waals surface area contributed by atoms with Gasteiger partial charge in [0.05, 0.1) is 41.8 Å². The summed E-state index contributed by atoms with van der Waals surface area (Å²) in [6, 6.07) is 3.26. The first-order chi connectivity index (χ1) is 32.9. The number of benzene rings is 1. The maximum absolute atomic E-state index is 14.0. The normalized spacial score (nSPS) is 21.4. The number of nitrogens with one attached hydrogen (secondary N) is 7. The summed E-state index contributed by atoms with van der Waals surface area (Å²) in [7, 11) is 4.45. The number of anilines is 2. The maximum Gasteiger partial charge on any atom is 0.404 e. The number of piperazine rings is 1. The predicted octanol–water partition coefficient (Wildman–Crippen LogP) is -1.81. The molecular weight excluding hydrogens is 941 g/mol. The van der Waals surface area contributed by atoms with E-state index in [0.717, 1.165) is 0 Å². The molecule has 27 heteroatoms. The molecule has 0 spiro atoms. The van der Waals surface area contributed by atoms with E-state index < -0.39 is 59.1 Å². The Balaban J connectivity index is 0.778. The summed E-state index contributed by atoms with van der Waals surface area (Å²) >= 11 is 0. The average Bonchev–Trinajstić information content (AvgIpc) is 3.93. The molecule has 0 radical (unpaired) electrons. The predicted molar refractivity (Wildman–Crippen MR) is 252 cm³/mol. The highest BCUT2D eigenvalue weighted by molar-refractivity contribution is 8.76. The van der Waals surface area contributed by atoms with E-state index >= 15 is 0 Å². The molecule has 2 saturated heterocycles. The number of aliphatic carboxylic acids is 1. The van der Waals surface area contributed by atoms with Crippen molar-refractivity contribution in [1.82, 2.24) is 51.4 Å². The molecule has 1 aromatic carbocycles. The van der Waals surface area contributed by atoms with E-state index in [2.05, 4.69) is 51.8 Å². The molecule has 2 unspecified atom stereocenters. The van der Waals surface area contributed by atoms with E-state index in [1.165, 1.54) is 47.0 Å². The number of rotatable bonds is 23. The number of carboxylic acids is 1. The molecule has 3 aromatic rings. The van der Waals surface area contributed by atoms with Gasteiger partial charge in [-0.1, -0.05) is 21.6 Å². The van der Waals surface area contributed by atoms with Gasteiger partial charge in [-0.3, -0.25) is 33.8 Å². The second kappa shape index (κ2) is 21.2. The Labute approximate surface area is 401 Å². The first kappa shape index (κ1) is 50.1. The maximum atomic E-state index is 14.0. The van der Waals surface area contributed by atoms with Crippen molar-refractivity contribution in [2.45, 2.75) is 69.2 Å². The Morgan fingerprint density at radius 1 is 1.06 bits per heavy atom. The lowest BCUT2D eigenvalue weighted by atomic mass is 9.82. The van der Waals surface area contributed by atoms with Crippen LogP contribution >= 0.6 is 21.6 Å². The molecule has 14 N–H and O–H groups in total. The highest BCUT2D eigenvalue weighted by Crippen LogP contribution is 2.55. The van der Waals surface area contributed by atoms with E-state index in [9.17, 15) is 43.5 Å². The molecule has 2 aromatic heterocycles. The number of nitrogens with zero attached hydrogens (tertiary/aromatic N) is 4. The molecule has 1 aliphatic carbocycles. The van der Waals surface area contributed by atoms with Gasteiger partial charge < -0.3 is 68.6 Å². The van der Waals surface area contributed by atoms with Crippen molar-refractivity contribution in [2.24, 2.45) is 17.4 Å². The summed E-state index contributed by atoms with van der Waals surface area (Å²) < 4.78 is 11.2. The first-order valence-corrected chi connectivity index (χ1v) is 24.2. The highest BCUT2D eigenvalue weighted by atomic mass is 33.1. The number of primary amides is 1. The summed E-state index contributed by atoms with van der Waals surface area (Å²) in [5, 5.41) is 27.0. The quantitative estimate of drug-likeness (QED) is 0.0216. The standard InChI is InChI=1S/C42H52N14O11S2/c1-18(17-69-68-11-10-46-29-19(2)32(58)31-28(33(29)59)23(16-67-41(45)65)42(66-3)34-26(52-34)15-56(31)42)50-37(61)24(43)14-48-27(57)9-8-25(39(63)64)53-36(60)20-4-6-21(7-5-20)47-12-22-13-49-35-30(51-22)38(62)55-40(44)54-35/h4-7,13,18,23-26,34,46-47,52H,8-12,14-17,43H2,1-3H3,(H2,45,65)(H,48,57)(H,50,61)(H,53,60)(H,63,64)(H3,44,49,54,55,62)/t18-,23-,24-,25-,26?,34?,42-/m1/s1. The summed E-state index contributed by atoms with van der Waals surface area (Å²) in [6.45, 7) is 3.92. The third-order valence-corrected chi connectivity index (χ3v) is 14.5. The molecule has 5 heterocycles. The van der Waals surface area contributed by atoms with Gasteiger partial charge in [0.1, 0.15) is 18.7 Å². The minimum Gasteiger partial charge on any atom is -0.480 e.